The van der Waals surface area contributed by atoms with E-state index in [2.05, 4.69) is 0 Å². The highest BCUT2D eigenvalue weighted by Gasteiger charge is 2.26. The highest BCUT2D eigenvalue weighted by Crippen LogP contribution is 2.18. The van der Waals surface area contributed by atoms with Crippen LogP contribution in [-0.4, -0.2) is 33.7 Å². The van der Waals surface area contributed by atoms with Gasteiger partial charge in [0.15, 0.2) is 5.78 Å². The van der Waals surface area contributed by atoms with Crippen LogP contribution >= 0.6 is 0 Å². The van der Waals surface area contributed by atoms with E-state index in [0.29, 0.717) is 11.3 Å². The molecule has 4 heteroatoms. The molecule has 0 aromatic heterocycles. The maximum Gasteiger partial charge on any atom is 0.178 e. The molecule has 0 bridgehead atoms. The fourth-order valence-corrected chi connectivity index (χ4v) is 3.73. The topological polar surface area (TPSA) is 43.4 Å². The van der Waals surface area contributed by atoms with Crippen molar-refractivity contribution in [2.75, 3.05) is 12.4 Å². The molecule has 0 amide bonds. The molecule has 110 valence electrons. The Bertz CT molecular complexity index is 518. The molecule has 0 radical (unpaired) electrons. The molecule has 1 aromatic carbocycles. The summed E-state index contributed by atoms with van der Waals surface area (Å²) in [4.78, 5) is 12.5. The van der Waals surface area contributed by atoms with Gasteiger partial charge in [-0.25, -0.2) is 0 Å². The number of aryl methyl sites for hydroxylation is 2. The van der Waals surface area contributed by atoms with Crippen LogP contribution in [0.2, 0.25) is 0 Å². The number of ether oxygens (including phenoxy) is 1. The smallest absolute Gasteiger partial charge is 0.178 e. The molecule has 0 aliphatic carbocycles. The van der Waals surface area contributed by atoms with Crippen molar-refractivity contribution in [1.29, 1.82) is 0 Å². The predicted molar refractivity (Wildman–Crippen MR) is 81.7 cm³/mol. The predicted octanol–water partition coefficient (Wildman–Crippen LogP) is 2.80. The Morgan fingerprint density at radius 3 is 2.85 bits per heavy atom. The molecule has 1 heterocycles. The lowest BCUT2D eigenvalue weighted by Gasteiger charge is -2.15. The van der Waals surface area contributed by atoms with E-state index in [1.807, 2.05) is 32.0 Å². The second-order valence-corrected chi connectivity index (χ2v) is 7.31. The number of carbonyl (C=O) groups is 1. The van der Waals surface area contributed by atoms with Crippen LogP contribution in [0, 0.1) is 13.8 Å². The lowest BCUT2D eigenvalue weighted by Crippen LogP contribution is -2.29. The third kappa shape index (κ3) is 3.55. The van der Waals surface area contributed by atoms with Crippen molar-refractivity contribution < 1.29 is 13.7 Å². The third-order valence-corrected chi connectivity index (χ3v) is 5.50. The summed E-state index contributed by atoms with van der Waals surface area (Å²) >= 11 is 0. The Morgan fingerprint density at radius 1 is 1.45 bits per heavy atom. The van der Waals surface area contributed by atoms with Gasteiger partial charge >= 0.3 is 0 Å². The maximum absolute atomic E-state index is 12.5. The lowest BCUT2D eigenvalue weighted by molar-refractivity contribution is 0.0991. The molecule has 0 spiro atoms. The van der Waals surface area contributed by atoms with Gasteiger partial charge in [-0.1, -0.05) is 17.7 Å². The van der Waals surface area contributed by atoms with Gasteiger partial charge in [-0.05, 0) is 45.2 Å². The van der Waals surface area contributed by atoms with E-state index in [4.69, 9.17) is 4.74 Å². The fourth-order valence-electron chi connectivity index (χ4n) is 2.44. The SMILES string of the molecule is Cc1ccc(C)c(C(=O)C(C)S(=O)CC2CCCO2)c1. The van der Waals surface area contributed by atoms with Crippen molar-refractivity contribution >= 4 is 16.6 Å². The Kier molecular flexibility index (Phi) is 5.11. The van der Waals surface area contributed by atoms with Crippen molar-refractivity contribution in [3.05, 3.63) is 34.9 Å². The van der Waals surface area contributed by atoms with Crippen LogP contribution in [0.25, 0.3) is 0 Å². The molecular weight excluding hydrogens is 272 g/mol. The van der Waals surface area contributed by atoms with E-state index in [1.165, 1.54) is 0 Å². The largest absolute Gasteiger partial charge is 0.377 e. The zero-order valence-corrected chi connectivity index (χ0v) is 13.2. The van der Waals surface area contributed by atoms with Gasteiger partial charge in [0.1, 0.15) is 0 Å². The number of carbonyl (C=O) groups excluding carboxylic acids is 1. The van der Waals surface area contributed by atoms with E-state index < -0.39 is 16.0 Å². The molecule has 1 aliphatic heterocycles. The number of hydrogen-bond acceptors (Lipinski definition) is 3. The Balaban J connectivity index is 2.07. The van der Waals surface area contributed by atoms with Gasteiger partial charge in [-0.3, -0.25) is 9.00 Å². The molecular formula is C16H22O3S. The van der Waals surface area contributed by atoms with Crippen LogP contribution in [0.1, 0.15) is 41.3 Å². The Morgan fingerprint density at radius 2 is 2.20 bits per heavy atom. The first-order valence-electron chi connectivity index (χ1n) is 7.09. The third-order valence-electron chi connectivity index (χ3n) is 3.80. The van der Waals surface area contributed by atoms with E-state index in [-0.39, 0.29) is 11.9 Å². The van der Waals surface area contributed by atoms with E-state index >= 15 is 0 Å². The molecule has 2 rings (SSSR count). The van der Waals surface area contributed by atoms with Crippen molar-refractivity contribution in [3.63, 3.8) is 0 Å². The molecule has 3 nitrogen and oxygen atoms in total. The second-order valence-electron chi connectivity index (χ2n) is 5.51. The summed E-state index contributed by atoms with van der Waals surface area (Å²) in [5, 5.41) is -0.473. The molecule has 1 aromatic rings. The van der Waals surface area contributed by atoms with Crippen molar-refractivity contribution in [3.8, 4) is 0 Å². The molecule has 1 fully saturated rings. The van der Waals surface area contributed by atoms with Crippen LogP contribution < -0.4 is 0 Å². The van der Waals surface area contributed by atoms with Crippen molar-refractivity contribution in [2.24, 2.45) is 0 Å². The van der Waals surface area contributed by atoms with Gasteiger partial charge in [0, 0.05) is 23.0 Å². The fraction of sp³-hybridized carbons (Fsp3) is 0.562. The number of hydrogen-bond donors (Lipinski definition) is 0. The van der Waals surface area contributed by atoms with Gasteiger partial charge in [0.25, 0.3) is 0 Å². The number of benzene rings is 1. The molecule has 0 N–H and O–H groups in total. The Labute approximate surface area is 123 Å². The molecule has 1 saturated heterocycles. The van der Waals surface area contributed by atoms with Gasteiger partial charge in [0.05, 0.1) is 17.1 Å². The first kappa shape index (κ1) is 15.4. The van der Waals surface area contributed by atoms with Gasteiger partial charge in [-0.2, -0.15) is 0 Å². The average molecular weight is 294 g/mol. The summed E-state index contributed by atoms with van der Waals surface area (Å²) in [6, 6.07) is 5.82. The molecule has 20 heavy (non-hydrogen) atoms. The first-order valence-corrected chi connectivity index (χ1v) is 8.47. The summed E-state index contributed by atoms with van der Waals surface area (Å²) in [7, 11) is -1.17. The van der Waals surface area contributed by atoms with Gasteiger partial charge in [0.2, 0.25) is 0 Å². The summed E-state index contributed by atoms with van der Waals surface area (Å²) in [5.74, 6) is 0.445. The van der Waals surface area contributed by atoms with Crippen LogP contribution in [0.3, 0.4) is 0 Å². The van der Waals surface area contributed by atoms with E-state index in [1.54, 1.807) is 6.92 Å². The zero-order valence-electron chi connectivity index (χ0n) is 12.3. The average Bonchev–Trinajstić information content (AvgIpc) is 2.92. The number of Topliss-reactive ketones (excluding diaryl/α,β-unsaturated/α-hetero) is 1. The second kappa shape index (κ2) is 6.64. The summed E-state index contributed by atoms with van der Waals surface area (Å²) in [6.07, 6.45) is 2.04. The minimum absolute atomic E-state index is 0.0254. The molecule has 0 saturated carbocycles. The highest BCUT2D eigenvalue weighted by molar-refractivity contribution is 7.86. The quantitative estimate of drug-likeness (QED) is 0.784. The zero-order chi connectivity index (χ0) is 14.7. The van der Waals surface area contributed by atoms with Crippen molar-refractivity contribution in [1.82, 2.24) is 0 Å². The molecule has 3 unspecified atom stereocenters. The standard InChI is InChI=1S/C16H22O3S/c1-11-6-7-12(2)15(9-11)16(17)13(3)20(18)10-14-5-4-8-19-14/h6-7,9,13-14H,4-5,8,10H2,1-3H3. The number of rotatable bonds is 5. The van der Waals surface area contributed by atoms with Crippen LogP contribution in [0.15, 0.2) is 18.2 Å². The van der Waals surface area contributed by atoms with Gasteiger partial charge < -0.3 is 4.74 Å². The van der Waals surface area contributed by atoms with E-state index in [9.17, 15) is 9.00 Å². The Hall–Kier alpha value is -1.00. The van der Waals surface area contributed by atoms with E-state index in [0.717, 1.165) is 30.6 Å². The summed E-state index contributed by atoms with van der Waals surface area (Å²) < 4.78 is 17.8. The molecule has 3 atom stereocenters. The van der Waals surface area contributed by atoms with Crippen LogP contribution in [0.5, 0.6) is 0 Å². The van der Waals surface area contributed by atoms with Crippen LogP contribution in [0.4, 0.5) is 0 Å². The minimum Gasteiger partial charge on any atom is -0.377 e. The highest BCUT2D eigenvalue weighted by atomic mass is 32.2. The summed E-state index contributed by atoms with van der Waals surface area (Å²) in [6.45, 7) is 6.39. The lowest BCUT2D eigenvalue weighted by atomic mass is 10.0. The monoisotopic (exact) mass is 294 g/mol. The number of ketones is 1. The van der Waals surface area contributed by atoms with Crippen LogP contribution in [-0.2, 0) is 15.5 Å². The maximum atomic E-state index is 12.5. The molecule has 1 aliphatic rings. The normalized spacial score (nSPS) is 21.6. The summed E-state index contributed by atoms with van der Waals surface area (Å²) in [5.41, 5.74) is 2.69. The first-order chi connectivity index (χ1) is 9.49. The minimum atomic E-state index is -1.17. The van der Waals surface area contributed by atoms with Crippen molar-refractivity contribution in [2.45, 2.75) is 45.0 Å². The van der Waals surface area contributed by atoms with Gasteiger partial charge in [-0.15, -0.1) is 0 Å².